The summed E-state index contributed by atoms with van der Waals surface area (Å²) in [6, 6.07) is 3.99. The Morgan fingerprint density at radius 3 is 3.00 bits per heavy atom. The van der Waals surface area contributed by atoms with E-state index in [1.54, 1.807) is 6.20 Å². The van der Waals surface area contributed by atoms with Crippen molar-refractivity contribution < 1.29 is 0 Å². The molecule has 1 unspecified atom stereocenters. The second-order valence-corrected chi connectivity index (χ2v) is 5.43. The first-order valence-electron chi connectivity index (χ1n) is 5.97. The topological polar surface area (TPSA) is 41.6 Å². The van der Waals surface area contributed by atoms with Crippen LogP contribution in [0, 0.1) is 5.41 Å². The number of rotatable bonds is 1. The number of nitrogens with zero attached hydrogens (tertiary/aromatic N) is 2. The fourth-order valence-electron chi connectivity index (χ4n) is 2.86. The Morgan fingerprint density at radius 2 is 2.31 bits per heavy atom. The number of hydrogen-bond donors (Lipinski definition) is 1. The number of imidazole rings is 1. The van der Waals surface area contributed by atoms with Crippen LogP contribution in [0.2, 0.25) is 0 Å². The van der Waals surface area contributed by atoms with Crippen molar-refractivity contribution in [2.75, 3.05) is 0 Å². The largest absolute Gasteiger partial charge is 0.340 e. The van der Waals surface area contributed by atoms with Gasteiger partial charge in [-0.15, -0.1) is 0 Å². The fourth-order valence-corrected chi connectivity index (χ4v) is 2.86. The van der Waals surface area contributed by atoms with Gasteiger partial charge in [-0.1, -0.05) is 20.3 Å². The van der Waals surface area contributed by atoms with Gasteiger partial charge in [-0.25, -0.2) is 9.97 Å². The number of H-pyrrole nitrogens is 1. The molecule has 0 aliphatic heterocycles. The zero-order valence-corrected chi connectivity index (χ0v) is 9.83. The Bertz CT molecular complexity index is 480. The Hall–Kier alpha value is -1.38. The molecule has 2 aromatic heterocycles. The lowest BCUT2D eigenvalue weighted by Gasteiger charge is -2.24. The molecule has 1 fully saturated rings. The average Bonchev–Trinajstić information content (AvgIpc) is 2.79. The molecule has 0 radical (unpaired) electrons. The summed E-state index contributed by atoms with van der Waals surface area (Å²) in [6.45, 7) is 4.68. The maximum Gasteiger partial charge on any atom is 0.177 e. The van der Waals surface area contributed by atoms with Gasteiger partial charge >= 0.3 is 0 Å². The van der Waals surface area contributed by atoms with E-state index in [1.807, 2.05) is 12.1 Å². The number of nitrogens with one attached hydrogen (secondary N) is 1. The summed E-state index contributed by atoms with van der Waals surface area (Å²) in [7, 11) is 0. The molecule has 1 aliphatic rings. The van der Waals surface area contributed by atoms with Crippen LogP contribution in [0.5, 0.6) is 0 Å². The van der Waals surface area contributed by atoms with Crippen LogP contribution in [0.1, 0.15) is 44.9 Å². The first kappa shape index (κ1) is 9.82. The van der Waals surface area contributed by atoms with Gasteiger partial charge in [0.1, 0.15) is 5.82 Å². The van der Waals surface area contributed by atoms with Crippen LogP contribution in [0.3, 0.4) is 0 Å². The van der Waals surface area contributed by atoms with Crippen molar-refractivity contribution in [1.82, 2.24) is 15.0 Å². The highest BCUT2D eigenvalue weighted by atomic mass is 15.0. The fraction of sp³-hybridized carbons (Fsp3) is 0.538. The van der Waals surface area contributed by atoms with Crippen LogP contribution in [0.25, 0.3) is 11.2 Å². The summed E-state index contributed by atoms with van der Waals surface area (Å²) < 4.78 is 0. The molecule has 2 heterocycles. The summed E-state index contributed by atoms with van der Waals surface area (Å²) in [6.07, 6.45) is 5.64. The highest BCUT2D eigenvalue weighted by molar-refractivity contribution is 5.70. The number of aromatic amines is 1. The number of fused-ring (bicyclic) bond motifs is 1. The van der Waals surface area contributed by atoms with Crippen LogP contribution in [0.4, 0.5) is 0 Å². The molecule has 3 rings (SSSR count). The van der Waals surface area contributed by atoms with Crippen molar-refractivity contribution in [3.05, 3.63) is 24.2 Å². The predicted molar refractivity (Wildman–Crippen MR) is 64.3 cm³/mol. The SMILES string of the molecule is CC1(C)CCCC1c1nc2ncccc2[nH]1. The second kappa shape index (κ2) is 3.30. The third kappa shape index (κ3) is 1.42. The van der Waals surface area contributed by atoms with E-state index in [0.29, 0.717) is 11.3 Å². The van der Waals surface area contributed by atoms with Crippen LogP contribution in [-0.2, 0) is 0 Å². The third-order valence-corrected chi connectivity index (χ3v) is 3.86. The lowest BCUT2D eigenvalue weighted by atomic mass is 9.81. The van der Waals surface area contributed by atoms with Crippen LogP contribution in [-0.4, -0.2) is 15.0 Å². The lowest BCUT2D eigenvalue weighted by Crippen LogP contribution is -2.16. The molecule has 0 saturated heterocycles. The van der Waals surface area contributed by atoms with Gasteiger partial charge in [-0.3, -0.25) is 0 Å². The Balaban J connectivity index is 2.06. The quantitative estimate of drug-likeness (QED) is 0.793. The molecular weight excluding hydrogens is 198 g/mol. The highest BCUT2D eigenvalue weighted by Gasteiger charge is 2.37. The summed E-state index contributed by atoms with van der Waals surface area (Å²) in [4.78, 5) is 12.3. The molecule has 1 saturated carbocycles. The summed E-state index contributed by atoms with van der Waals surface area (Å²) in [5.74, 6) is 1.68. The highest BCUT2D eigenvalue weighted by Crippen LogP contribution is 2.47. The van der Waals surface area contributed by atoms with Crippen LogP contribution < -0.4 is 0 Å². The van der Waals surface area contributed by atoms with E-state index >= 15 is 0 Å². The molecule has 16 heavy (non-hydrogen) atoms. The molecule has 0 amide bonds. The van der Waals surface area contributed by atoms with Crippen molar-refractivity contribution in [2.24, 2.45) is 5.41 Å². The lowest BCUT2D eigenvalue weighted by molar-refractivity contribution is 0.323. The number of hydrogen-bond acceptors (Lipinski definition) is 2. The zero-order chi connectivity index (χ0) is 11.2. The number of aromatic nitrogens is 3. The summed E-state index contributed by atoms with van der Waals surface area (Å²) >= 11 is 0. The second-order valence-electron chi connectivity index (χ2n) is 5.43. The minimum absolute atomic E-state index is 0.369. The third-order valence-electron chi connectivity index (χ3n) is 3.86. The van der Waals surface area contributed by atoms with Crippen molar-refractivity contribution >= 4 is 11.2 Å². The molecule has 0 spiro atoms. The first-order chi connectivity index (χ1) is 7.67. The standard InChI is InChI=1S/C13H17N3/c1-13(2)7-3-5-9(13)11-15-10-6-4-8-14-12(10)16-11/h4,6,8-9H,3,5,7H2,1-2H3,(H,14,15,16). The van der Waals surface area contributed by atoms with E-state index in [9.17, 15) is 0 Å². The minimum atomic E-state index is 0.369. The smallest absolute Gasteiger partial charge is 0.177 e. The molecule has 0 bridgehead atoms. The molecule has 1 aliphatic carbocycles. The van der Waals surface area contributed by atoms with Gasteiger partial charge in [0.15, 0.2) is 5.65 Å². The summed E-state index contributed by atoms with van der Waals surface area (Å²) in [5, 5.41) is 0. The van der Waals surface area contributed by atoms with Crippen molar-refractivity contribution in [3.63, 3.8) is 0 Å². The molecule has 1 atom stereocenters. The van der Waals surface area contributed by atoms with Crippen molar-refractivity contribution in [2.45, 2.75) is 39.0 Å². The Kier molecular flexibility index (Phi) is 2.03. The van der Waals surface area contributed by atoms with Crippen LogP contribution in [0.15, 0.2) is 18.3 Å². The maximum absolute atomic E-state index is 4.62. The van der Waals surface area contributed by atoms with Gasteiger partial charge in [0.25, 0.3) is 0 Å². The van der Waals surface area contributed by atoms with E-state index < -0.39 is 0 Å². The van der Waals surface area contributed by atoms with E-state index in [-0.39, 0.29) is 0 Å². The molecule has 3 heteroatoms. The first-order valence-corrected chi connectivity index (χ1v) is 5.97. The van der Waals surface area contributed by atoms with Crippen molar-refractivity contribution in [3.8, 4) is 0 Å². The Labute approximate surface area is 95.3 Å². The van der Waals surface area contributed by atoms with Gasteiger partial charge < -0.3 is 4.98 Å². The normalized spacial score (nSPS) is 24.0. The zero-order valence-electron chi connectivity index (χ0n) is 9.83. The van der Waals surface area contributed by atoms with E-state index in [0.717, 1.165) is 17.0 Å². The van der Waals surface area contributed by atoms with E-state index in [1.165, 1.54) is 19.3 Å². The van der Waals surface area contributed by atoms with Gasteiger partial charge in [0.05, 0.1) is 5.52 Å². The maximum atomic E-state index is 4.62. The van der Waals surface area contributed by atoms with Gasteiger partial charge in [0.2, 0.25) is 0 Å². The average molecular weight is 215 g/mol. The van der Waals surface area contributed by atoms with Gasteiger partial charge in [0, 0.05) is 12.1 Å². The Morgan fingerprint density at radius 1 is 1.44 bits per heavy atom. The molecule has 3 nitrogen and oxygen atoms in total. The number of pyridine rings is 1. The van der Waals surface area contributed by atoms with Gasteiger partial charge in [-0.2, -0.15) is 0 Å². The molecule has 1 N–H and O–H groups in total. The van der Waals surface area contributed by atoms with Crippen molar-refractivity contribution in [1.29, 1.82) is 0 Å². The van der Waals surface area contributed by atoms with Crippen LogP contribution >= 0.6 is 0 Å². The monoisotopic (exact) mass is 215 g/mol. The van der Waals surface area contributed by atoms with Gasteiger partial charge in [-0.05, 0) is 30.4 Å². The van der Waals surface area contributed by atoms with E-state index in [4.69, 9.17) is 0 Å². The summed E-state index contributed by atoms with van der Waals surface area (Å²) in [5.41, 5.74) is 2.27. The minimum Gasteiger partial charge on any atom is -0.340 e. The predicted octanol–water partition coefficient (Wildman–Crippen LogP) is 3.25. The molecular formula is C13H17N3. The molecule has 84 valence electrons. The molecule has 2 aromatic rings. The van der Waals surface area contributed by atoms with E-state index in [2.05, 4.69) is 28.8 Å². The molecule has 0 aromatic carbocycles.